The van der Waals surface area contributed by atoms with Crippen molar-refractivity contribution < 1.29 is 13.9 Å². The van der Waals surface area contributed by atoms with E-state index in [2.05, 4.69) is 5.32 Å². The van der Waals surface area contributed by atoms with E-state index in [9.17, 15) is 19.1 Å². The Bertz CT molecular complexity index is 533. The summed E-state index contributed by atoms with van der Waals surface area (Å²) in [5.41, 5.74) is 5.35. The Morgan fingerprint density at radius 3 is 2.68 bits per heavy atom. The zero-order chi connectivity index (χ0) is 14.6. The number of hydrogen-bond donors (Lipinski definition) is 2. The highest BCUT2D eigenvalue weighted by Gasteiger charge is 2.17. The first-order chi connectivity index (χ1) is 8.81. The van der Waals surface area contributed by atoms with Crippen molar-refractivity contribution in [3.05, 3.63) is 33.9 Å². The molecule has 7 nitrogen and oxygen atoms in total. The number of primary amides is 1. The van der Waals surface area contributed by atoms with Crippen molar-refractivity contribution in [2.75, 3.05) is 17.3 Å². The number of amides is 1. The van der Waals surface area contributed by atoms with Gasteiger partial charge >= 0.3 is 0 Å². The number of nitrogens with one attached hydrogen (secondary N) is 1. The molecule has 3 N–H and O–H groups in total. The number of rotatable bonds is 6. The fourth-order valence-electron chi connectivity index (χ4n) is 1.62. The van der Waals surface area contributed by atoms with Gasteiger partial charge in [-0.25, -0.2) is 0 Å². The molecule has 19 heavy (non-hydrogen) atoms. The summed E-state index contributed by atoms with van der Waals surface area (Å²) in [5.74, 6) is -0.317. The number of nitrogens with zero attached hydrogens (tertiary/aromatic N) is 1. The van der Waals surface area contributed by atoms with Crippen molar-refractivity contribution in [3.8, 4) is 0 Å². The molecule has 0 spiro atoms. The van der Waals surface area contributed by atoms with Crippen LogP contribution in [0.15, 0.2) is 18.2 Å². The van der Waals surface area contributed by atoms with E-state index in [0.29, 0.717) is 5.75 Å². The maximum Gasteiger partial charge on any atom is 0.292 e. The Morgan fingerprint density at radius 1 is 1.58 bits per heavy atom. The van der Waals surface area contributed by atoms with E-state index in [-0.39, 0.29) is 23.0 Å². The van der Waals surface area contributed by atoms with Crippen LogP contribution in [0.5, 0.6) is 0 Å². The van der Waals surface area contributed by atoms with Gasteiger partial charge in [0.2, 0.25) is 5.91 Å². The van der Waals surface area contributed by atoms with Gasteiger partial charge in [0.25, 0.3) is 5.69 Å². The Balaban J connectivity index is 3.07. The van der Waals surface area contributed by atoms with Crippen LogP contribution < -0.4 is 11.1 Å². The van der Waals surface area contributed by atoms with Crippen LogP contribution in [0.4, 0.5) is 11.4 Å². The van der Waals surface area contributed by atoms with Crippen molar-refractivity contribution in [2.45, 2.75) is 13.0 Å². The molecule has 0 saturated heterocycles. The second-order valence-electron chi connectivity index (χ2n) is 4.14. The molecule has 8 heteroatoms. The minimum atomic E-state index is -1.02. The van der Waals surface area contributed by atoms with Crippen molar-refractivity contribution in [3.63, 3.8) is 0 Å². The monoisotopic (exact) mass is 285 g/mol. The average molecular weight is 285 g/mol. The first-order valence-electron chi connectivity index (χ1n) is 5.46. The van der Waals surface area contributed by atoms with Gasteiger partial charge < -0.3 is 11.1 Å². The first-order valence-corrected chi connectivity index (χ1v) is 7.18. The van der Waals surface area contributed by atoms with E-state index in [4.69, 9.17) is 5.73 Å². The highest BCUT2D eigenvalue weighted by molar-refractivity contribution is 7.84. The number of carbonyl (C=O) groups is 1. The summed E-state index contributed by atoms with van der Waals surface area (Å²) in [4.78, 5) is 21.4. The molecule has 1 amide bonds. The van der Waals surface area contributed by atoms with Gasteiger partial charge in [-0.2, -0.15) is 0 Å². The van der Waals surface area contributed by atoms with Gasteiger partial charge in [0.15, 0.2) is 0 Å². The zero-order valence-corrected chi connectivity index (χ0v) is 11.4. The molecule has 0 aliphatic carbocycles. The van der Waals surface area contributed by atoms with Gasteiger partial charge in [0.1, 0.15) is 5.69 Å². The molecule has 1 aromatic rings. The van der Waals surface area contributed by atoms with E-state index in [0.717, 1.165) is 0 Å². The third kappa shape index (κ3) is 4.32. The molecule has 0 bridgehead atoms. The zero-order valence-electron chi connectivity index (χ0n) is 10.6. The molecule has 0 aliphatic heterocycles. The maximum absolute atomic E-state index is 11.1. The summed E-state index contributed by atoms with van der Waals surface area (Å²) in [7, 11) is -1.02. The van der Waals surface area contributed by atoms with Crippen molar-refractivity contribution in [1.82, 2.24) is 0 Å². The Labute approximate surface area is 112 Å². The van der Waals surface area contributed by atoms with E-state index in [1.165, 1.54) is 18.2 Å². The van der Waals surface area contributed by atoms with Gasteiger partial charge in [0, 0.05) is 40.5 Å². The van der Waals surface area contributed by atoms with Gasteiger partial charge in [0.05, 0.1) is 4.92 Å². The van der Waals surface area contributed by atoms with Crippen molar-refractivity contribution >= 4 is 28.1 Å². The fraction of sp³-hybridized carbons (Fsp3) is 0.364. The molecular weight excluding hydrogens is 270 g/mol. The van der Waals surface area contributed by atoms with Crippen molar-refractivity contribution in [1.29, 1.82) is 0 Å². The third-order valence-electron chi connectivity index (χ3n) is 2.36. The highest BCUT2D eigenvalue weighted by Crippen LogP contribution is 2.26. The van der Waals surface area contributed by atoms with Crippen LogP contribution in [0.1, 0.15) is 17.3 Å². The first kappa shape index (κ1) is 15.1. The van der Waals surface area contributed by atoms with Crippen LogP contribution in [-0.4, -0.2) is 33.1 Å². The van der Waals surface area contributed by atoms with Crippen LogP contribution in [0.3, 0.4) is 0 Å². The summed E-state index contributed by atoms with van der Waals surface area (Å²) >= 11 is 0. The number of nitro benzene ring substituents is 1. The standard InChI is InChI=1S/C11H15N3O4S/c1-7(6-19(2)18)13-9-5-8(11(12)15)3-4-10(9)14(16)17/h3-5,7,13H,6H2,1-2H3,(H2,12,15). The number of anilines is 1. The number of benzene rings is 1. The Kier molecular flexibility index (Phi) is 4.99. The predicted molar refractivity (Wildman–Crippen MR) is 73.6 cm³/mol. The van der Waals surface area contributed by atoms with Gasteiger partial charge in [-0.05, 0) is 19.1 Å². The minimum absolute atomic E-state index is 0.154. The van der Waals surface area contributed by atoms with E-state index < -0.39 is 21.6 Å². The molecule has 0 radical (unpaired) electrons. The molecule has 1 aromatic carbocycles. The number of carbonyl (C=O) groups excluding carboxylic acids is 1. The van der Waals surface area contributed by atoms with E-state index in [1.54, 1.807) is 13.2 Å². The second-order valence-corrected chi connectivity index (χ2v) is 5.62. The lowest BCUT2D eigenvalue weighted by Crippen LogP contribution is -2.23. The number of nitrogens with two attached hydrogens (primary N) is 1. The van der Waals surface area contributed by atoms with Crippen LogP contribution >= 0.6 is 0 Å². The molecule has 104 valence electrons. The molecule has 0 heterocycles. The lowest BCUT2D eigenvalue weighted by molar-refractivity contribution is -0.384. The lowest BCUT2D eigenvalue weighted by Gasteiger charge is -2.14. The molecule has 1 rings (SSSR count). The molecule has 2 atom stereocenters. The molecule has 0 saturated carbocycles. The fourth-order valence-corrected chi connectivity index (χ4v) is 2.41. The summed E-state index contributed by atoms with van der Waals surface area (Å²) in [5, 5.41) is 13.8. The van der Waals surface area contributed by atoms with Gasteiger partial charge in [-0.3, -0.25) is 19.1 Å². The predicted octanol–water partition coefficient (Wildman–Crippen LogP) is 0.873. The van der Waals surface area contributed by atoms with Gasteiger partial charge in [-0.1, -0.05) is 0 Å². The lowest BCUT2D eigenvalue weighted by atomic mass is 10.1. The van der Waals surface area contributed by atoms with Gasteiger partial charge in [-0.15, -0.1) is 0 Å². The summed E-state index contributed by atoms with van der Waals surface area (Å²) in [6, 6.07) is 3.62. The smallest absolute Gasteiger partial charge is 0.292 e. The van der Waals surface area contributed by atoms with Crippen LogP contribution in [0.25, 0.3) is 0 Å². The normalized spacial score (nSPS) is 13.6. The minimum Gasteiger partial charge on any atom is -0.376 e. The topological polar surface area (TPSA) is 115 Å². The molecular formula is C11H15N3O4S. The summed E-state index contributed by atoms with van der Waals surface area (Å²) in [6.45, 7) is 1.75. The number of hydrogen-bond acceptors (Lipinski definition) is 5. The quantitative estimate of drug-likeness (QED) is 0.594. The third-order valence-corrected chi connectivity index (χ3v) is 3.33. The average Bonchev–Trinajstić information content (AvgIpc) is 2.26. The highest BCUT2D eigenvalue weighted by atomic mass is 32.2. The largest absolute Gasteiger partial charge is 0.376 e. The SMILES string of the molecule is CC(CS(C)=O)Nc1cc(C(N)=O)ccc1[N+](=O)[O-]. The summed E-state index contributed by atoms with van der Waals surface area (Å²) < 4.78 is 11.1. The molecule has 0 aromatic heterocycles. The molecule has 0 fully saturated rings. The van der Waals surface area contributed by atoms with Crippen LogP contribution in [0.2, 0.25) is 0 Å². The van der Waals surface area contributed by atoms with E-state index >= 15 is 0 Å². The Hall–Kier alpha value is -1.96. The van der Waals surface area contributed by atoms with Crippen LogP contribution in [-0.2, 0) is 10.8 Å². The Morgan fingerprint density at radius 2 is 2.21 bits per heavy atom. The maximum atomic E-state index is 11.1. The van der Waals surface area contributed by atoms with Crippen molar-refractivity contribution in [2.24, 2.45) is 5.73 Å². The second kappa shape index (κ2) is 6.28. The molecule has 2 unspecified atom stereocenters. The summed E-state index contributed by atoms with van der Waals surface area (Å²) in [6.07, 6.45) is 1.55. The molecule has 0 aliphatic rings. The number of nitro groups is 1. The van der Waals surface area contributed by atoms with Crippen LogP contribution in [0, 0.1) is 10.1 Å². The van der Waals surface area contributed by atoms with E-state index in [1.807, 2.05) is 0 Å².